The van der Waals surface area contributed by atoms with Crippen LogP contribution < -0.4 is 9.64 Å². The van der Waals surface area contributed by atoms with Crippen molar-refractivity contribution < 1.29 is 9.13 Å². The minimum atomic E-state index is -0.132. The van der Waals surface area contributed by atoms with Gasteiger partial charge in [-0.25, -0.2) is 4.39 Å². The van der Waals surface area contributed by atoms with Crippen LogP contribution in [0.15, 0.2) is 48.5 Å². The van der Waals surface area contributed by atoms with Crippen molar-refractivity contribution in [3.8, 4) is 5.75 Å². The molecule has 3 rings (SSSR count). The van der Waals surface area contributed by atoms with Crippen LogP contribution in [0.25, 0.3) is 0 Å². The molecule has 0 radical (unpaired) electrons. The van der Waals surface area contributed by atoms with E-state index < -0.39 is 0 Å². The van der Waals surface area contributed by atoms with E-state index in [1.807, 2.05) is 31.2 Å². The van der Waals surface area contributed by atoms with Crippen LogP contribution >= 0.6 is 0 Å². The Morgan fingerprint density at radius 2 is 1.65 bits per heavy atom. The number of halogens is 1. The molecule has 0 N–H and O–H groups in total. The van der Waals surface area contributed by atoms with E-state index in [0.29, 0.717) is 12.3 Å². The van der Waals surface area contributed by atoms with E-state index in [9.17, 15) is 4.39 Å². The van der Waals surface area contributed by atoms with E-state index in [4.69, 9.17) is 4.74 Å². The summed E-state index contributed by atoms with van der Waals surface area (Å²) in [5, 5.41) is 0. The average molecular weight is 314 g/mol. The Kier molecular flexibility index (Phi) is 5.13. The maximum Gasteiger partial charge on any atom is 0.146 e. The van der Waals surface area contributed by atoms with Crippen LogP contribution in [0.4, 0.5) is 10.1 Å². The van der Waals surface area contributed by atoms with Gasteiger partial charge in [-0.3, -0.25) is 4.90 Å². The third-order valence-electron chi connectivity index (χ3n) is 4.21. The first-order chi connectivity index (χ1) is 11.3. The second kappa shape index (κ2) is 7.47. The van der Waals surface area contributed by atoms with Crippen LogP contribution in [0, 0.1) is 5.82 Å². The van der Waals surface area contributed by atoms with Gasteiger partial charge in [0.2, 0.25) is 0 Å². The van der Waals surface area contributed by atoms with Crippen molar-refractivity contribution in [3.05, 3.63) is 59.9 Å². The van der Waals surface area contributed by atoms with Gasteiger partial charge in [0.05, 0.1) is 12.3 Å². The highest BCUT2D eigenvalue weighted by atomic mass is 19.1. The molecule has 1 aliphatic heterocycles. The molecule has 0 spiro atoms. The van der Waals surface area contributed by atoms with Gasteiger partial charge in [0.1, 0.15) is 11.6 Å². The van der Waals surface area contributed by atoms with Gasteiger partial charge in [-0.2, -0.15) is 0 Å². The van der Waals surface area contributed by atoms with Crippen LogP contribution in [0.5, 0.6) is 5.75 Å². The minimum absolute atomic E-state index is 0.132. The third kappa shape index (κ3) is 4.02. The number of benzene rings is 2. The maximum atomic E-state index is 13.9. The number of anilines is 1. The topological polar surface area (TPSA) is 15.7 Å². The monoisotopic (exact) mass is 314 g/mol. The minimum Gasteiger partial charge on any atom is -0.494 e. The highest BCUT2D eigenvalue weighted by molar-refractivity contribution is 5.48. The molecule has 0 bridgehead atoms. The van der Waals surface area contributed by atoms with Gasteiger partial charge in [0, 0.05) is 32.7 Å². The van der Waals surface area contributed by atoms with Gasteiger partial charge < -0.3 is 9.64 Å². The highest BCUT2D eigenvalue weighted by Crippen LogP contribution is 2.21. The molecule has 23 heavy (non-hydrogen) atoms. The Morgan fingerprint density at radius 1 is 0.957 bits per heavy atom. The third-order valence-corrected chi connectivity index (χ3v) is 4.21. The van der Waals surface area contributed by atoms with Gasteiger partial charge in [0.25, 0.3) is 0 Å². The summed E-state index contributed by atoms with van der Waals surface area (Å²) in [5.74, 6) is 0.785. The number of rotatable bonds is 5. The second-order valence-electron chi connectivity index (χ2n) is 5.79. The normalized spacial score (nSPS) is 15.7. The summed E-state index contributed by atoms with van der Waals surface area (Å²) in [6.45, 7) is 7.22. The van der Waals surface area contributed by atoms with E-state index in [2.05, 4.69) is 21.9 Å². The van der Waals surface area contributed by atoms with Gasteiger partial charge in [0.15, 0.2) is 0 Å². The molecular formula is C19H23FN2O. The lowest BCUT2D eigenvalue weighted by Gasteiger charge is -2.36. The maximum absolute atomic E-state index is 13.9. The highest BCUT2D eigenvalue weighted by Gasteiger charge is 2.19. The first-order valence-corrected chi connectivity index (χ1v) is 8.20. The largest absolute Gasteiger partial charge is 0.494 e. The van der Waals surface area contributed by atoms with Crippen molar-refractivity contribution in [2.24, 2.45) is 0 Å². The second-order valence-corrected chi connectivity index (χ2v) is 5.79. The molecular weight excluding hydrogens is 291 g/mol. The molecule has 2 aromatic carbocycles. The van der Waals surface area contributed by atoms with Crippen molar-refractivity contribution in [2.75, 3.05) is 37.7 Å². The Balaban J connectivity index is 1.54. The first-order valence-electron chi connectivity index (χ1n) is 8.20. The standard InChI is InChI=1S/C19H23FN2O/c1-2-23-17-9-7-16(8-10-17)15-21-11-13-22(14-12-21)19-6-4-3-5-18(19)20/h3-10H,2,11-15H2,1H3. The lowest BCUT2D eigenvalue weighted by molar-refractivity contribution is 0.249. The van der Waals surface area contributed by atoms with E-state index in [-0.39, 0.29) is 5.82 Å². The zero-order valence-corrected chi connectivity index (χ0v) is 13.5. The number of ether oxygens (including phenoxy) is 1. The van der Waals surface area contributed by atoms with Crippen molar-refractivity contribution in [3.63, 3.8) is 0 Å². The number of para-hydroxylation sites is 1. The van der Waals surface area contributed by atoms with Crippen molar-refractivity contribution >= 4 is 5.69 Å². The number of hydrogen-bond donors (Lipinski definition) is 0. The molecule has 0 saturated carbocycles. The Bertz CT molecular complexity index is 622. The van der Waals surface area contributed by atoms with Crippen molar-refractivity contribution in [1.29, 1.82) is 0 Å². The van der Waals surface area contributed by atoms with Crippen LogP contribution in [-0.4, -0.2) is 37.7 Å². The summed E-state index contributed by atoms with van der Waals surface area (Å²) in [4.78, 5) is 4.54. The van der Waals surface area contributed by atoms with E-state index in [1.54, 1.807) is 6.07 Å². The average Bonchev–Trinajstić information content (AvgIpc) is 2.58. The smallest absolute Gasteiger partial charge is 0.146 e. The molecule has 1 aliphatic rings. The number of hydrogen-bond acceptors (Lipinski definition) is 3. The Hall–Kier alpha value is -2.07. The van der Waals surface area contributed by atoms with Crippen molar-refractivity contribution in [1.82, 2.24) is 4.90 Å². The first kappa shape index (κ1) is 15.8. The van der Waals surface area contributed by atoms with Crippen LogP contribution in [0.3, 0.4) is 0 Å². The van der Waals surface area contributed by atoms with Gasteiger partial charge in [-0.1, -0.05) is 24.3 Å². The fraction of sp³-hybridized carbons (Fsp3) is 0.368. The summed E-state index contributed by atoms with van der Waals surface area (Å²) >= 11 is 0. The van der Waals surface area contributed by atoms with Crippen LogP contribution in [0.1, 0.15) is 12.5 Å². The van der Waals surface area contributed by atoms with E-state index in [1.165, 1.54) is 11.6 Å². The van der Waals surface area contributed by atoms with Gasteiger partial charge in [-0.15, -0.1) is 0 Å². The van der Waals surface area contributed by atoms with E-state index in [0.717, 1.165) is 38.5 Å². The Labute approximate surface area is 137 Å². The summed E-state index contributed by atoms with van der Waals surface area (Å²) in [6.07, 6.45) is 0. The van der Waals surface area contributed by atoms with Crippen LogP contribution in [0.2, 0.25) is 0 Å². The number of piperazine rings is 1. The zero-order valence-electron chi connectivity index (χ0n) is 13.5. The molecule has 0 amide bonds. The number of nitrogens with zero attached hydrogens (tertiary/aromatic N) is 2. The Morgan fingerprint density at radius 3 is 2.30 bits per heavy atom. The molecule has 122 valence electrons. The predicted octanol–water partition coefficient (Wildman–Crippen LogP) is 3.55. The molecule has 1 saturated heterocycles. The fourth-order valence-corrected chi connectivity index (χ4v) is 2.97. The molecule has 2 aromatic rings. The zero-order chi connectivity index (χ0) is 16.1. The molecule has 0 unspecified atom stereocenters. The molecule has 4 heteroatoms. The van der Waals surface area contributed by atoms with E-state index >= 15 is 0 Å². The van der Waals surface area contributed by atoms with Gasteiger partial charge in [-0.05, 0) is 36.8 Å². The molecule has 0 aliphatic carbocycles. The molecule has 0 atom stereocenters. The quantitative estimate of drug-likeness (QED) is 0.839. The molecule has 0 aromatic heterocycles. The lowest BCUT2D eigenvalue weighted by Crippen LogP contribution is -2.46. The predicted molar refractivity (Wildman–Crippen MR) is 91.5 cm³/mol. The SMILES string of the molecule is CCOc1ccc(CN2CCN(c3ccccc3F)CC2)cc1. The fourth-order valence-electron chi connectivity index (χ4n) is 2.97. The van der Waals surface area contributed by atoms with Crippen LogP contribution in [-0.2, 0) is 6.54 Å². The summed E-state index contributed by atoms with van der Waals surface area (Å²) in [7, 11) is 0. The molecule has 3 nitrogen and oxygen atoms in total. The van der Waals surface area contributed by atoms with Crippen molar-refractivity contribution in [2.45, 2.75) is 13.5 Å². The van der Waals surface area contributed by atoms with Gasteiger partial charge >= 0.3 is 0 Å². The summed E-state index contributed by atoms with van der Waals surface area (Å²) in [5.41, 5.74) is 2.00. The molecule has 1 heterocycles. The summed E-state index contributed by atoms with van der Waals surface area (Å²) < 4.78 is 19.3. The summed E-state index contributed by atoms with van der Waals surface area (Å²) in [6, 6.07) is 15.3. The molecule has 1 fully saturated rings. The lowest BCUT2D eigenvalue weighted by atomic mass is 10.2.